The first-order valence-corrected chi connectivity index (χ1v) is 2.60. The second kappa shape index (κ2) is 6.66. The van der Waals surface area contributed by atoms with Crippen molar-refractivity contribution in [1.82, 2.24) is 0 Å². The first kappa shape index (κ1) is 7.66. The number of hydrogen-bond donors (Lipinski definition) is 0. The highest BCUT2D eigenvalue weighted by atomic mass is 16.7. The number of hydrogen-bond acceptors (Lipinski definition) is 2. The van der Waals surface area contributed by atoms with Gasteiger partial charge in [0, 0.05) is 13.2 Å². The molecule has 0 bridgehead atoms. The Morgan fingerprint density at radius 3 is 2.75 bits per heavy atom. The summed E-state index contributed by atoms with van der Waals surface area (Å²) in [5, 5.41) is 0. The number of ether oxygens (including phenoxy) is 2. The van der Waals surface area contributed by atoms with Gasteiger partial charge in [-0.3, -0.25) is 0 Å². The maximum absolute atomic E-state index is 5.01. The van der Waals surface area contributed by atoms with Crippen LogP contribution in [0.15, 0.2) is 6.08 Å². The Labute approximate surface area is 50.1 Å². The monoisotopic (exact) mass is 115 g/mol. The Morgan fingerprint density at radius 1 is 1.50 bits per heavy atom. The van der Waals surface area contributed by atoms with Crippen molar-refractivity contribution in [2.24, 2.45) is 0 Å². The summed E-state index contributed by atoms with van der Waals surface area (Å²) in [6, 6.07) is 0. The molecule has 0 rings (SSSR count). The molecule has 2 heteroatoms. The van der Waals surface area contributed by atoms with Crippen LogP contribution in [0.2, 0.25) is 0 Å². The van der Waals surface area contributed by atoms with Gasteiger partial charge in [-0.25, -0.2) is 6.08 Å². The van der Waals surface area contributed by atoms with Crippen molar-refractivity contribution < 1.29 is 9.47 Å². The van der Waals surface area contributed by atoms with E-state index >= 15 is 0 Å². The molecule has 0 saturated carbocycles. The molecule has 0 heterocycles. The molecule has 0 spiro atoms. The molecule has 0 unspecified atom stereocenters. The van der Waals surface area contributed by atoms with Gasteiger partial charge in [-0.05, 0) is 6.92 Å². The van der Waals surface area contributed by atoms with Crippen molar-refractivity contribution in [3.63, 3.8) is 0 Å². The lowest BCUT2D eigenvalue weighted by atomic mass is 10.7. The zero-order valence-electron chi connectivity index (χ0n) is 5.09. The lowest BCUT2D eigenvalue weighted by Crippen LogP contribution is -1.98. The molecular weight excluding hydrogens is 104 g/mol. The molecule has 0 aromatic rings. The Morgan fingerprint density at radius 2 is 2.25 bits per heavy atom. The van der Waals surface area contributed by atoms with Crippen LogP contribution in [0, 0.1) is 6.58 Å². The normalized spacial score (nSPS) is 9.12. The van der Waals surface area contributed by atoms with Crippen molar-refractivity contribution in [3.8, 4) is 0 Å². The molecule has 0 N–H and O–H groups in total. The largest absolute Gasteiger partial charge is 0.516 e. The van der Waals surface area contributed by atoms with Gasteiger partial charge in [0.15, 0.2) is 0 Å². The van der Waals surface area contributed by atoms with E-state index in [2.05, 4.69) is 0 Å². The second-order valence-corrected chi connectivity index (χ2v) is 1.22. The first-order valence-electron chi connectivity index (χ1n) is 2.60. The van der Waals surface area contributed by atoms with Crippen LogP contribution in [0.1, 0.15) is 6.92 Å². The molecule has 0 fully saturated rings. The zero-order chi connectivity index (χ0) is 6.24. The van der Waals surface area contributed by atoms with E-state index in [0.717, 1.165) is 0 Å². The average molecular weight is 115 g/mol. The fraction of sp³-hybridized carbons (Fsp3) is 0.667. The van der Waals surface area contributed by atoms with Gasteiger partial charge in [0.2, 0.25) is 0 Å². The predicted molar refractivity (Wildman–Crippen MR) is 31.3 cm³/mol. The summed E-state index contributed by atoms with van der Waals surface area (Å²) in [7, 11) is 0. The van der Waals surface area contributed by atoms with Gasteiger partial charge in [-0.1, -0.05) is 0 Å². The Hall–Kier alpha value is -0.340. The van der Waals surface area contributed by atoms with E-state index in [9.17, 15) is 0 Å². The van der Waals surface area contributed by atoms with Crippen LogP contribution in [0.25, 0.3) is 0 Å². The molecule has 48 valence electrons. The quantitative estimate of drug-likeness (QED) is 0.302. The summed E-state index contributed by atoms with van der Waals surface area (Å²) in [4.78, 5) is 0. The van der Waals surface area contributed by atoms with Crippen molar-refractivity contribution >= 4 is 0 Å². The molecule has 0 aliphatic carbocycles. The van der Waals surface area contributed by atoms with Gasteiger partial charge in [0.05, 0.1) is 0 Å². The minimum Gasteiger partial charge on any atom is -0.516 e. The van der Waals surface area contributed by atoms with Crippen molar-refractivity contribution in [2.45, 2.75) is 6.92 Å². The molecule has 0 radical (unpaired) electrons. The molecule has 2 nitrogen and oxygen atoms in total. The van der Waals surface area contributed by atoms with Crippen LogP contribution in [0.4, 0.5) is 0 Å². The fourth-order valence-corrected chi connectivity index (χ4v) is 0.258. The van der Waals surface area contributed by atoms with Crippen molar-refractivity contribution in [1.29, 1.82) is 0 Å². The third-order valence-corrected chi connectivity index (χ3v) is 0.585. The van der Waals surface area contributed by atoms with Gasteiger partial charge >= 0.3 is 0 Å². The predicted octanol–water partition coefficient (Wildman–Crippen LogP) is 0.986. The smallest absolute Gasteiger partial charge is 0.146 e. The number of rotatable bonds is 5. The summed E-state index contributed by atoms with van der Waals surface area (Å²) >= 11 is 0. The molecule has 0 aliphatic heterocycles. The van der Waals surface area contributed by atoms with Gasteiger partial charge in [-0.15, -0.1) is 0 Å². The summed E-state index contributed by atoms with van der Waals surface area (Å²) in [5.74, 6) is 0. The minimum atomic E-state index is 0.337. The Bertz CT molecular complexity index is 52.5. The molecule has 0 aromatic carbocycles. The highest BCUT2D eigenvalue weighted by Gasteiger charge is 1.76. The molecule has 8 heavy (non-hydrogen) atoms. The van der Waals surface area contributed by atoms with Crippen molar-refractivity contribution in [2.75, 3.05) is 20.0 Å². The zero-order valence-corrected chi connectivity index (χ0v) is 5.09. The maximum Gasteiger partial charge on any atom is 0.146 e. The minimum absolute atomic E-state index is 0.337. The first-order chi connectivity index (χ1) is 3.91. The molecule has 0 aliphatic rings. The maximum atomic E-state index is 5.01. The van der Waals surface area contributed by atoms with E-state index < -0.39 is 0 Å². The van der Waals surface area contributed by atoms with E-state index in [0.29, 0.717) is 20.0 Å². The SMILES string of the molecule is [CH-]=CCOCOCC. The van der Waals surface area contributed by atoms with Crippen LogP contribution in [0.3, 0.4) is 0 Å². The van der Waals surface area contributed by atoms with Gasteiger partial charge in [-0.2, -0.15) is 0 Å². The van der Waals surface area contributed by atoms with Crippen LogP contribution in [0.5, 0.6) is 0 Å². The van der Waals surface area contributed by atoms with E-state index in [1.807, 2.05) is 6.92 Å². The Kier molecular flexibility index (Phi) is 6.38. The lowest BCUT2D eigenvalue weighted by molar-refractivity contribution is -0.0389. The fourth-order valence-electron chi connectivity index (χ4n) is 0.258. The summed E-state index contributed by atoms with van der Waals surface area (Å²) in [6.45, 7) is 8.40. The molecule has 0 atom stereocenters. The van der Waals surface area contributed by atoms with Gasteiger partial charge in [0.25, 0.3) is 0 Å². The van der Waals surface area contributed by atoms with Crippen molar-refractivity contribution in [3.05, 3.63) is 12.7 Å². The lowest BCUT2D eigenvalue weighted by Gasteiger charge is -2.00. The second-order valence-electron chi connectivity index (χ2n) is 1.22. The standard InChI is InChI=1S/C6H11O2/c1-3-5-8-6-7-4-2/h1,3H,4-6H2,2H3/q-1. The highest BCUT2D eigenvalue weighted by Crippen LogP contribution is 1.76. The van der Waals surface area contributed by atoms with Gasteiger partial charge in [0.1, 0.15) is 6.79 Å². The topological polar surface area (TPSA) is 18.5 Å². The molecule has 0 amide bonds. The van der Waals surface area contributed by atoms with Crippen LogP contribution in [-0.2, 0) is 9.47 Å². The molecule has 0 aromatic heterocycles. The molecule has 0 saturated heterocycles. The third-order valence-electron chi connectivity index (χ3n) is 0.585. The van der Waals surface area contributed by atoms with Crippen LogP contribution >= 0.6 is 0 Å². The Balaban J connectivity index is 2.62. The van der Waals surface area contributed by atoms with E-state index in [4.69, 9.17) is 16.1 Å². The summed E-state index contributed by atoms with van der Waals surface area (Å²) in [5.41, 5.74) is 0. The van der Waals surface area contributed by atoms with Crippen LogP contribution < -0.4 is 0 Å². The third kappa shape index (κ3) is 5.66. The van der Waals surface area contributed by atoms with Crippen LogP contribution in [-0.4, -0.2) is 20.0 Å². The van der Waals surface area contributed by atoms with Gasteiger partial charge < -0.3 is 16.1 Å². The van der Waals surface area contributed by atoms with E-state index in [1.165, 1.54) is 6.08 Å². The van der Waals surface area contributed by atoms with E-state index in [1.54, 1.807) is 0 Å². The molecular formula is C6H11O2-. The van der Waals surface area contributed by atoms with E-state index in [-0.39, 0.29) is 0 Å². The summed E-state index contributed by atoms with van der Waals surface area (Å²) < 4.78 is 9.66. The highest BCUT2D eigenvalue weighted by molar-refractivity contribution is 4.57. The summed E-state index contributed by atoms with van der Waals surface area (Å²) in [6.07, 6.45) is 1.44. The average Bonchev–Trinajstić information content (AvgIpc) is 1.81.